The molecule has 0 saturated carbocycles. The van der Waals surface area contributed by atoms with Crippen LogP contribution in [0.1, 0.15) is 6.42 Å². The van der Waals surface area contributed by atoms with Crippen LogP contribution in [0.5, 0.6) is 5.75 Å². The number of carboxylic acid groups (broad SMARTS) is 1. The number of likely N-dealkylation sites (tertiary alicyclic amines) is 1. The molecule has 2 atom stereocenters. The van der Waals surface area contributed by atoms with Crippen LogP contribution in [0.25, 0.3) is 0 Å². The Kier molecular flexibility index (Phi) is 4.34. The lowest BCUT2D eigenvalue weighted by atomic mass is 10.2. The van der Waals surface area contributed by atoms with E-state index in [4.69, 9.17) is 21.4 Å². The molecule has 0 unspecified atom stereocenters. The molecule has 1 saturated heterocycles. The molecule has 1 aromatic rings. The summed E-state index contributed by atoms with van der Waals surface area (Å²) < 4.78 is 10.3. The first kappa shape index (κ1) is 14.5. The van der Waals surface area contributed by atoms with Crippen LogP contribution in [0.3, 0.4) is 0 Å². The van der Waals surface area contributed by atoms with Crippen LogP contribution in [-0.2, 0) is 9.53 Å². The van der Waals surface area contributed by atoms with Crippen molar-refractivity contribution in [1.29, 1.82) is 0 Å². The van der Waals surface area contributed by atoms with Crippen LogP contribution in [0.15, 0.2) is 24.3 Å². The summed E-state index contributed by atoms with van der Waals surface area (Å²) in [5, 5.41) is 9.68. The number of ether oxygens (including phenoxy) is 2. The summed E-state index contributed by atoms with van der Waals surface area (Å²) in [7, 11) is 1.23. The molecule has 1 heterocycles. The van der Waals surface area contributed by atoms with E-state index in [1.165, 1.54) is 7.11 Å². The SMILES string of the molecule is COC(=O)[C@@H]1C[C@H](Oc2ccc(Cl)cc2)CN1C(=O)O. The third kappa shape index (κ3) is 3.14. The van der Waals surface area contributed by atoms with Crippen molar-refractivity contribution in [1.82, 2.24) is 4.90 Å². The van der Waals surface area contributed by atoms with Crippen molar-refractivity contribution >= 4 is 23.7 Å². The van der Waals surface area contributed by atoms with E-state index < -0.39 is 24.2 Å². The van der Waals surface area contributed by atoms with Gasteiger partial charge < -0.3 is 14.6 Å². The van der Waals surface area contributed by atoms with Gasteiger partial charge in [-0.3, -0.25) is 4.90 Å². The Morgan fingerprint density at radius 2 is 2.00 bits per heavy atom. The van der Waals surface area contributed by atoms with Gasteiger partial charge in [0.15, 0.2) is 0 Å². The van der Waals surface area contributed by atoms with Gasteiger partial charge >= 0.3 is 12.1 Å². The molecule has 1 N–H and O–H groups in total. The van der Waals surface area contributed by atoms with Crippen molar-refractivity contribution in [3.63, 3.8) is 0 Å². The predicted molar refractivity (Wildman–Crippen MR) is 71.0 cm³/mol. The molecular weight excluding hydrogens is 286 g/mol. The van der Waals surface area contributed by atoms with Crippen molar-refractivity contribution in [2.45, 2.75) is 18.6 Å². The van der Waals surface area contributed by atoms with Gasteiger partial charge in [0.25, 0.3) is 0 Å². The van der Waals surface area contributed by atoms with Crippen molar-refractivity contribution in [3.8, 4) is 5.75 Å². The molecule has 0 bridgehead atoms. The average molecular weight is 300 g/mol. The zero-order valence-electron chi connectivity index (χ0n) is 10.8. The number of hydrogen-bond donors (Lipinski definition) is 1. The average Bonchev–Trinajstić information content (AvgIpc) is 2.84. The molecule has 7 heteroatoms. The molecule has 6 nitrogen and oxygen atoms in total. The molecule has 1 amide bonds. The van der Waals surface area contributed by atoms with Gasteiger partial charge in [-0.15, -0.1) is 0 Å². The summed E-state index contributed by atoms with van der Waals surface area (Å²) in [4.78, 5) is 23.7. The Labute approximate surface area is 120 Å². The minimum atomic E-state index is -1.16. The normalized spacial score (nSPS) is 21.6. The van der Waals surface area contributed by atoms with E-state index in [0.29, 0.717) is 10.8 Å². The van der Waals surface area contributed by atoms with Crippen LogP contribution in [0.2, 0.25) is 5.02 Å². The first-order valence-corrected chi connectivity index (χ1v) is 6.38. The van der Waals surface area contributed by atoms with Crippen molar-refractivity contribution in [2.24, 2.45) is 0 Å². The smallest absolute Gasteiger partial charge is 0.408 e. The number of rotatable bonds is 3. The zero-order chi connectivity index (χ0) is 14.7. The van der Waals surface area contributed by atoms with Crippen molar-refractivity contribution in [3.05, 3.63) is 29.3 Å². The van der Waals surface area contributed by atoms with E-state index in [9.17, 15) is 9.59 Å². The number of esters is 1. The van der Waals surface area contributed by atoms with E-state index in [2.05, 4.69) is 4.74 Å². The highest BCUT2D eigenvalue weighted by molar-refractivity contribution is 6.30. The van der Waals surface area contributed by atoms with E-state index in [0.717, 1.165) is 4.90 Å². The summed E-state index contributed by atoms with van der Waals surface area (Å²) in [6.45, 7) is 0.123. The van der Waals surface area contributed by atoms with Crippen LogP contribution in [0, 0.1) is 0 Å². The van der Waals surface area contributed by atoms with Crippen molar-refractivity contribution in [2.75, 3.05) is 13.7 Å². The Balaban J connectivity index is 2.06. The summed E-state index contributed by atoms with van der Waals surface area (Å²) in [5.74, 6) is 0.00450. The van der Waals surface area contributed by atoms with E-state index in [1.54, 1.807) is 24.3 Å². The number of halogens is 1. The molecule has 0 spiro atoms. The Bertz CT molecular complexity index is 504. The maximum Gasteiger partial charge on any atom is 0.408 e. The van der Waals surface area contributed by atoms with E-state index in [-0.39, 0.29) is 13.0 Å². The molecular formula is C13H14ClNO5. The highest BCUT2D eigenvalue weighted by Crippen LogP contribution is 2.24. The first-order valence-electron chi connectivity index (χ1n) is 6.01. The summed E-state index contributed by atoms with van der Waals surface area (Å²) >= 11 is 5.77. The monoisotopic (exact) mass is 299 g/mol. The van der Waals surface area contributed by atoms with Crippen LogP contribution >= 0.6 is 11.6 Å². The van der Waals surface area contributed by atoms with E-state index >= 15 is 0 Å². The van der Waals surface area contributed by atoms with Gasteiger partial charge in [-0.2, -0.15) is 0 Å². The Morgan fingerprint density at radius 1 is 1.35 bits per heavy atom. The standard InChI is InChI=1S/C13H14ClNO5/c1-19-12(16)11-6-10(7-15(11)13(17)18)20-9-4-2-8(14)3-5-9/h2-5,10-11H,6-7H2,1H3,(H,17,18)/t10-,11-/m0/s1. The molecule has 1 aliphatic rings. The summed E-state index contributed by atoms with van der Waals surface area (Å²) in [6.07, 6.45) is -1.29. The third-order valence-electron chi connectivity index (χ3n) is 3.10. The molecule has 1 aromatic carbocycles. The second-order valence-corrected chi connectivity index (χ2v) is 4.84. The van der Waals surface area contributed by atoms with Crippen LogP contribution in [0.4, 0.5) is 4.79 Å². The molecule has 2 rings (SSSR count). The maximum absolute atomic E-state index is 11.6. The first-order chi connectivity index (χ1) is 9.51. The van der Waals surface area contributed by atoms with E-state index in [1.807, 2.05) is 0 Å². The molecule has 1 fully saturated rings. The summed E-state index contributed by atoms with van der Waals surface area (Å²) in [5.41, 5.74) is 0. The predicted octanol–water partition coefficient (Wildman–Crippen LogP) is 2.01. The van der Waals surface area contributed by atoms with Gasteiger partial charge in [0.1, 0.15) is 17.9 Å². The minimum Gasteiger partial charge on any atom is -0.488 e. The topological polar surface area (TPSA) is 76.1 Å². The molecule has 20 heavy (non-hydrogen) atoms. The third-order valence-corrected chi connectivity index (χ3v) is 3.35. The number of carbonyl (C=O) groups excluding carboxylic acids is 1. The Morgan fingerprint density at radius 3 is 2.55 bits per heavy atom. The Hall–Kier alpha value is -1.95. The lowest BCUT2D eigenvalue weighted by molar-refractivity contribution is -0.145. The second-order valence-electron chi connectivity index (χ2n) is 4.40. The fraction of sp³-hybridized carbons (Fsp3) is 0.385. The fourth-order valence-electron chi connectivity index (χ4n) is 2.16. The number of methoxy groups -OCH3 is 1. The second kappa shape index (κ2) is 6.00. The van der Waals surface area contributed by atoms with Gasteiger partial charge in [-0.1, -0.05) is 11.6 Å². The lowest BCUT2D eigenvalue weighted by Gasteiger charge is -2.18. The quantitative estimate of drug-likeness (QED) is 0.864. The zero-order valence-corrected chi connectivity index (χ0v) is 11.5. The fourth-order valence-corrected chi connectivity index (χ4v) is 2.29. The lowest BCUT2D eigenvalue weighted by Crippen LogP contribution is -2.40. The van der Waals surface area contributed by atoms with Crippen LogP contribution < -0.4 is 4.74 Å². The molecule has 1 aliphatic heterocycles. The van der Waals surface area contributed by atoms with Crippen molar-refractivity contribution < 1.29 is 24.2 Å². The molecule has 0 aliphatic carbocycles. The van der Waals surface area contributed by atoms with Crippen LogP contribution in [-0.4, -0.2) is 47.9 Å². The number of nitrogens with zero attached hydrogens (tertiary/aromatic N) is 1. The largest absolute Gasteiger partial charge is 0.488 e. The maximum atomic E-state index is 11.6. The number of hydrogen-bond acceptors (Lipinski definition) is 4. The molecule has 108 valence electrons. The number of carbonyl (C=O) groups is 2. The highest BCUT2D eigenvalue weighted by atomic mass is 35.5. The van der Waals surface area contributed by atoms with Gasteiger partial charge in [-0.05, 0) is 24.3 Å². The highest BCUT2D eigenvalue weighted by Gasteiger charge is 2.41. The molecule has 0 aromatic heterocycles. The van der Waals surface area contributed by atoms with Gasteiger partial charge in [0.05, 0.1) is 13.7 Å². The number of benzene rings is 1. The molecule has 0 radical (unpaired) electrons. The van der Waals surface area contributed by atoms with Gasteiger partial charge in [-0.25, -0.2) is 9.59 Å². The van der Waals surface area contributed by atoms with Gasteiger partial charge in [0.2, 0.25) is 0 Å². The number of amides is 1. The van der Waals surface area contributed by atoms with Gasteiger partial charge in [0, 0.05) is 11.4 Å². The minimum absolute atomic E-state index is 0.123. The summed E-state index contributed by atoms with van der Waals surface area (Å²) in [6, 6.07) is 5.92.